The van der Waals surface area contributed by atoms with Crippen molar-refractivity contribution in [3.05, 3.63) is 0 Å². The van der Waals surface area contributed by atoms with Crippen LogP contribution >= 0.6 is 0 Å². The summed E-state index contributed by atoms with van der Waals surface area (Å²) in [5, 5.41) is 12.5. The Kier molecular flexibility index (Phi) is 4.57. The predicted octanol–water partition coefficient (Wildman–Crippen LogP) is 0.717. The molecule has 0 aromatic carbocycles. The van der Waals surface area contributed by atoms with E-state index in [4.69, 9.17) is 28.4 Å². The molecule has 8 nitrogen and oxygen atoms in total. The molecule has 21 heavy (non-hydrogen) atoms. The van der Waals surface area contributed by atoms with Gasteiger partial charge in [0.2, 0.25) is 17.9 Å². The zero-order valence-electron chi connectivity index (χ0n) is 13.2. The molecule has 2 fully saturated rings. The van der Waals surface area contributed by atoms with Crippen LogP contribution in [0.4, 0.5) is 0 Å². The van der Waals surface area contributed by atoms with Gasteiger partial charge in [-0.15, -0.1) is 0 Å². The topological polar surface area (TPSA) is 88.0 Å². The van der Waals surface area contributed by atoms with Gasteiger partial charge in [-0.25, -0.2) is 0 Å². The van der Waals surface area contributed by atoms with Gasteiger partial charge >= 0.3 is 0 Å². The van der Waals surface area contributed by atoms with Crippen molar-refractivity contribution in [1.29, 1.82) is 0 Å². The van der Waals surface area contributed by atoms with Crippen molar-refractivity contribution in [3.63, 3.8) is 0 Å². The van der Waals surface area contributed by atoms with Crippen LogP contribution < -0.4 is 0 Å². The molecule has 8 heteroatoms. The quantitative estimate of drug-likeness (QED) is 0.607. The first-order chi connectivity index (χ1) is 9.85. The van der Waals surface area contributed by atoms with E-state index in [1.54, 1.807) is 13.8 Å². The van der Waals surface area contributed by atoms with Crippen molar-refractivity contribution in [3.8, 4) is 0 Å². The Morgan fingerprint density at radius 2 is 1.67 bits per heavy atom. The van der Waals surface area contributed by atoms with Crippen molar-refractivity contribution in [2.75, 3.05) is 21.3 Å². The average Bonchev–Trinajstić information content (AvgIpc) is 2.49. The van der Waals surface area contributed by atoms with Crippen LogP contribution in [0, 0.1) is 0 Å². The molecule has 1 N–H and O–H groups in total. The zero-order valence-corrected chi connectivity index (χ0v) is 13.2. The van der Waals surface area contributed by atoms with Crippen LogP contribution in [-0.4, -0.2) is 68.4 Å². The van der Waals surface area contributed by atoms with Gasteiger partial charge in [0.15, 0.2) is 0 Å². The van der Waals surface area contributed by atoms with Crippen molar-refractivity contribution in [2.24, 2.45) is 5.16 Å². The lowest BCUT2D eigenvalue weighted by Gasteiger charge is -2.54. The molecular formula is C13H23NO7. The smallest absolute Gasteiger partial charge is 0.220 e. The molecule has 0 radical (unpaired) electrons. The normalized spacial score (nSPS) is 49.1. The van der Waals surface area contributed by atoms with E-state index in [9.17, 15) is 5.21 Å². The van der Waals surface area contributed by atoms with E-state index in [0.29, 0.717) is 0 Å². The van der Waals surface area contributed by atoms with Gasteiger partial charge in [-0.1, -0.05) is 5.16 Å². The van der Waals surface area contributed by atoms with Gasteiger partial charge in [0, 0.05) is 21.3 Å². The number of methoxy groups -OCH3 is 3. The monoisotopic (exact) mass is 305 g/mol. The van der Waals surface area contributed by atoms with E-state index in [2.05, 4.69) is 5.16 Å². The first-order valence-corrected chi connectivity index (χ1v) is 6.71. The molecule has 0 aliphatic carbocycles. The van der Waals surface area contributed by atoms with Gasteiger partial charge in [-0.2, -0.15) is 0 Å². The minimum Gasteiger partial charge on any atom is -0.411 e. The maximum Gasteiger partial charge on any atom is 0.220 e. The van der Waals surface area contributed by atoms with Gasteiger partial charge in [0.25, 0.3) is 0 Å². The lowest BCUT2D eigenvalue weighted by Crippen LogP contribution is -2.71. The van der Waals surface area contributed by atoms with Crippen molar-refractivity contribution < 1.29 is 33.6 Å². The lowest BCUT2D eigenvalue weighted by atomic mass is 9.95. The first-order valence-electron chi connectivity index (χ1n) is 6.71. The molecule has 0 spiro atoms. The van der Waals surface area contributed by atoms with E-state index in [1.165, 1.54) is 21.3 Å². The molecule has 0 saturated carbocycles. The molecule has 2 saturated heterocycles. The van der Waals surface area contributed by atoms with Gasteiger partial charge in [0.1, 0.15) is 17.9 Å². The first kappa shape index (κ1) is 16.6. The number of nitrogens with zero attached hydrogens (tertiary/aromatic N) is 1. The summed E-state index contributed by atoms with van der Waals surface area (Å²) in [6, 6.07) is 0. The van der Waals surface area contributed by atoms with E-state index in [1.807, 2.05) is 6.92 Å². The zero-order chi connectivity index (χ0) is 15.8. The molecule has 0 amide bonds. The molecule has 2 rings (SSSR count). The van der Waals surface area contributed by atoms with Crippen molar-refractivity contribution >= 4 is 5.71 Å². The minimum atomic E-state index is -1.19. The molecule has 0 unspecified atom stereocenters. The number of ether oxygens (including phenoxy) is 6. The summed E-state index contributed by atoms with van der Waals surface area (Å²) in [5.41, 5.74) is 0.196. The van der Waals surface area contributed by atoms with Gasteiger partial charge < -0.3 is 33.6 Å². The largest absolute Gasteiger partial charge is 0.411 e. The second-order valence-electron chi connectivity index (χ2n) is 5.35. The number of hydrogen-bond acceptors (Lipinski definition) is 8. The Labute approximate surface area is 123 Å². The Bertz CT molecular complexity index is 417. The van der Waals surface area contributed by atoms with Crippen LogP contribution in [0.2, 0.25) is 0 Å². The SMILES string of the molecule is CO[C@@H]1O[C@@H](C)[C@@H]2O[C@@](C)(OC)[C@](C)(OC)O[C@H]2/C1=N/O. The van der Waals surface area contributed by atoms with Crippen LogP contribution in [0.25, 0.3) is 0 Å². The molecule has 122 valence electrons. The fourth-order valence-electron chi connectivity index (χ4n) is 2.64. The van der Waals surface area contributed by atoms with E-state index >= 15 is 0 Å². The standard InChI is InChI=1S/C13H23NO7/c1-7-9-10(8(14-15)11(16-4)19-7)21-13(3,18-6)12(2,17-5)20-9/h7,9-11,15H,1-6H3/b14-8-/t7-,9-,10-,11+,12+,13+/m0/s1. The molecule has 2 aliphatic heterocycles. The third-order valence-corrected chi connectivity index (χ3v) is 4.28. The fourth-order valence-corrected chi connectivity index (χ4v) is 2.64. The molecule has 0 bridgehead atoms. The third kappa shape index (κ3) is 2.45. The highest BCUT2D eigenvalue weighted by Crippen LogP contribution is 2.42. The van der Waals surface area contributed by atoms with Crippen LogP contribution in [-0.2, 0) is 28.4 Å². The van der Waals surface area contributed by atoms with Crippen LogP contribution in [0.15, 0.2) is 5.16 Å². The maximum absolute atomic E-state index is 9.27. The van der Waals surface area contributed by atoms with E-state index in [-0.39, 0.29) is 11.8 Å². The summed E-state index contributed by atoms with van der Waals surface area (Å²) in [6.45, 7) is 5.24. The summed E-state index contributed by atoms with van der Waals surface area (Å²) in [7, 11) is 4.46. The fraction of sp³-hybridized carbons (Fsp3) is 0.923. The Morgan fingerprint density at radius 3 is 2.14 bits per heavy atom. The van der Waals surface area contributed by atoms with Crippen molar-refractivity contribution in [2.45, 2.75) is 56.9 Å². The van der Waals surface area contributed by atoms with Crippen LogP contribution in [0.5, 0.6) is 0 Å². The molecular weight excluding hydrogens is 282 g/mol. The number of rotatable bonds is 3. The average molecular weight is 305 g/mol. The summed E-state index contributed by atoms with van der Waals surface area (Å²) >= 11 is 0. The van der Waals surface area contributed by atoms with Gasteiger partial charge in [-0.05, 0) is 20.8 Å². The second-order valence-corrected chi connectivity index (χ2v) is 5.35. The molecule has 0 aromatic rings. The Morgan fingerprint density at radius 1 is 1.10 bits per heavy atom. The molecule has 0 aromatic heterocycles. The number of hydrogen-bond donors (Lipinski definition) is 1. The summed E-state index contributed by atoms with van der Waals surface area (Å²) < 4.78 is 33.7. The molecule has 2 aliphatic rings. The van der Waals surface area contributed by atoms with Gasteiger partial charge in [0.05, 0.1) is 6.10 Å². The third-order valence-electron chi connectivity index (χ3n) is 4.28. The summed E-state index contributed by atoms with van der Waals surface area (Å²) in [6.07, 6.45) is -2.34. The second kappa shape index (κ2) is 5.79. The van der Waals surface area contributed by atoms with Crippen LogP contribution in [0.1, 0.15) is 20.8 Å². The maximum atomic E-state index is 9.27. The highest BCUT2D eigenvalue weighted by Gasteiger charge is 2.61. The Hall–Kier alpha value is -0.770. The van der Waals surface area contributed by atoms with Crippen LogP contribution in [0.3, 0.4) is 0 Å². The molecule has 2 heterocycles. The summed E-state index contributed by atoms with van der Waals surface area (Å²) in [5.74, 6) is -2.32. The predicted molar refractivity (Wildman–Crippen MR) is 71.1 cm³/mol. The Balaban J connectivity index is 2.38. The van der Waals surface area contributed by atoms with E-state index in [0.717, 1.165) is 0 Å². The van der Waals surface area contributed by atoms with E-state index < -0.39 is 30.1 Å². The lowest BCUT2D eigenvalue weighted by molar-refractivity contribution is -0.452. The summed E-state index contributed by atoms with van der Waals surface area (Å²) in [4.78, 5) is 0. The number of oxime groups is 1. The van der Waals surface area contributed by atoms with Gasteiger partial charge in [-0.3, -0.25) is 0 Å². The highest BCUT2D eigenvalue weighted by atomic mass is 16.8. The number of fused-ring (bicyclic) bond motifs is 1. The van der Waals surface area contributed by atoms with Crippen molar-refractivity contribution in [1.82, 2.24) is 0 Å². The highest BCUT2D eigenvalue weighted by molar-refractivity contribution is 5.92. The minimum absolute atomic E-state index is 0.196. The molecule has 6 atom stereocenters.